The summed E-state index contributed by atoms with van der Waals surface area (Å²) in [5.74, 6) is -0.880. The predicted molar refractivity (Wildman–Crippen MR) is 105 cm³/mol. The fourth-order valence-electron chi connectivity index (χ4n) is 2.96. The van der Waals surface area contributed by atoms with Crippen molar-refractivity contribution < 1.29 is 19.1 Å². The van der Waals surface area contributed by atoms with E-state index in [1.54, 1.807) is 16.2 Å². The maximum absolute atomic E-state index is 12.3. The van der Waals surface area contributed by atoms with Crippen molar-refractivity contribution in [2.45, 2.75) is 19.3 Å². The molecule has 27 heavy (non-hydrogen) atoms. The minimum absolute atomic E-state index is 0.0157. The minimum atomic E-state index is -0.355. The SMILES string of the molecule is O=C(COC(=O)C1CCN(C(=O)c2cccs2)CC1)NCCc1cccs1. The summed E-state index contributed by atoms with van der Waals surface area (Å²) in [4.78, 5) is 40.0. The molecule has 2 amide bonds. The molecule has 0 saturated carbocycles. The number of hydrogen-bond donors (Lipinski definition) is 1. The molecular formula is C19H22N2O4S2. The fourth-order valence-corrected chi connectivity index (χ4v) is 4.36. The molecule has 1 fully saturated rings. The number of hydrogen-bond acceptors (Lipinski definition) is 6. The van der Waals surface area contributed by atoms with Crippen molar-refractivity contribution in [3.05, 3.63) is 44.8 Å². The second-order valence-electron chi connectivity index (χ2n) is 6.33. The lowest BCUT2D eigenvalue weighted by molar-refractivity contribution is -0.153. The second-order valence-corrected chi connectivity index (χ2v) is 8.31. The van der Waals surface area contributed by atoms with Crippen LogP contribution in [0.4, 0.5) is 0 Å². The molecule has 1 aliphatic heterocycles. The van der Waals surface area contributed by atoms with Gasteiger partial charge in [0.15, 0.2) is 6.61 Å². The maximum atomic E-state index is 12.3. The van der Waals surface area contributed by atoms with Gasteiger partial charge in [-0.1, -0.05) is 12.1 Å². The van der Waals surface area contributed by atoms with Gasteiger partial charge in [0.25, 0.3) is 11.8 Å². The van der Waals surface area contributed by atoms with Gasteiger partial charge in [-0.2, -0.15) is 0 Å². The molecule has 144 valence electrons. The van der Waals surface area contributed by atoms with Gasteiger partial charge in [0.1, 0.15) is 0 Å². The third-order valence-corrected chi connectivity index (χ3v) is 6.26. The average Bonchev–Trinajstić information content (AvgIpc) is 3.40. The summed E-state index contributed by atoms with van der Waals surface area (Å²) in [5, 5.41) is 6.63. The summed E-state index contributed by atoms with van der Waals surface area (Å²) in [5.41, 5.74) is 0. The molecule has 1 N–H and O–H groups in total. The smallest absolute Gasteiger partial charge is 0.309 e. The quantitative estimate of drug-likeness (QED) is 0.717. The van der Waals surface area contributed by atoms with E-state index < -0.39 is 0 Å². The first-order valence-corrected chi connectivity index (χ1v) is 10.7. The van der Waals surface area contributed by atoms with Crippen molar-refractivity contribution in [1.29, 1.82) is 0 Å². The van der Waals surface area contributed by atoms with E-state index in [9.17, 15) is 14.4 Å². The Labute approximate surface area is 166 Å². The molecule has 0 aliphatic carbocycles. The number of carbonyl (C=O) groups is 3. The van der Waals surface area contributed by atoms with Gasteiger partial charge in [-0.15, -0.1) is 22.7 Å². The van der Waals surface area contributed by atoms with Crippen molar-refractivity contribution in [3.8, 4) is 0 Å². The van der Waals surface area contributed by atoms with Crippen LogP contribution in [0.2, 0.25) is 0 Å². The van der Waals surface area contributed by atoms with Crippen molar-refractivity contribution in [3.63, 3.8) is 0 Å². The number of esters is 1. The van der Waals surface area contributed by atoms with Crippen LogP contribution in [-0.2, 0) is 20.7 Å². The highest BCUT2D eigenvalue weighted by Crippen LogP contribution is 2.21. The average molecular weight is 407 g/mol. The van der Waals surface area contributed by atoms with Gasteiger partial charge in [-0.25, -0.2) is 0 Å². The van der Waals surface area contributed by atoms with Crippen LogP contribution in [0, 0.1) is 5.92 Å². The Hall–Kier alpha value is -2.19. The Bertz CT molecular complexity index is 751. The van der Waals surface area contributed by atoms with Crippen LogP contribution in [0.25, 0.3) is 0 Å². The van der Waals surface area contributed by atoms with Gasteiger partial charge < -0.3 is 15.0 Å². The molecule has 0 spiro atoms. The monoisotopic (exact) mass is 406 g/mol. The Morgan fingerprint density at radius 3 is 2.52 bits per heavy atom. The van der Waals surface area contributed by atoms with E-state index in [1.807, 2.05) is 35.0 Å². The highest BCUT2D eigenvalue weighted by atomic mass is 32.1. The zero-order valence-corrected chi connectivity index (χ0v) is 16.5. The van der Waals surface area contributed by atoms with Crippen LogP contribution in [0.15, 0.2) is 35.0 Å². The predicted octanol–water partition coefficient (Wildman–Crippen LogP) is 2.56. The number of nitrogens with zero attached hydrogens (tertiary/aromatic N) is 1. The van der Waals surface area contributed by atoms with Crippen LogP contribution < -0.4 is 5.32 Å². The Morgan fingerprint density at radius 1 is 1.11 bits per heavy atom. The number of ether oxygens (including phenoxy) is 1. The molecule has 0 unspecified atom stereocenters. The van der Waals surface area contributed by atoms with E-state index in [0.717, 1.165) is 11.3 Å². The first-order valence-electron chi connectivity index (χ1n) is 8.92. The van der Waals surface area contributed by atoms with E-state index >= 15 is 0 Å². The molecular weight excluding hydrogens is 384 g/mol. The Balaban J connectivity index is 1.33. The van der Waals surface area contributed by atoms with E-state index in [1.165, 1.54) is 16.2 Å². The molecule has 8 heteroatoms. The van der Waals surface area contributed by atoms with Gasteiger partial charge in [0.2, 0.25) is 0 Å². The molecule has 6 nitrogen and oxygen atoms in total. The van der Waals surface area contributed by atoms with Crippen LogP contribution in [0.1, 0.15) is 27.4 Å². The number of amides is 2. The summed E-state index contributed by atoms with van der Waals surface area (Å²) in [7, 11) is 0. The number of piperidine rings is 1. The van der Waals surface area contributed by atoms with Gasteiger partial charge in [-0.3, -0.25) is 14.4 Å². The zero-order valence-electron chi connectivity index (χ0n) is 14.9. The fraction of sp³-hybridized carbons (Fsp3) is 0.421. The molecule has 3 heterocycles. The van der Waals surface area contributed by atoms with Crippen molar-refractivity contribution in [2.24, 2.45) is 5.92 Å². The molecule has 0 bridgehead atoms. The summed E-state index contributed by atoms with van der Waals surface area (Å²) < 4.78 is 5.15. The lowest BCUT2D eigenvalue weighted by atomic mass is 9.97. The molecule has 0 atom stereocenters. The highest BCUT2D eigenvalue weighted by molar-refractivity contribution is 7.12. The highest BCUT2D eigenvalue weighted by Gasteiger charge is 2.29. The third kappa shape index (κ3) is 5.64. The molecule has 1 aliphatic rings. The van der Waals surface area contributed by atoms with Gasteiger partial charge in [0, 0.05) is 24.5 Å². The largest absolute Gasteiger partial charge is 0.455 e. The number of rotatable bonds is 7. The van der Waals surface area contributed by atoms with Crippen LogP contribution in [-0.4, -0.2) is 48.9 Å². The Kier molecular flexibility index (Phi) is 7.00. The van der Waals surface area contributed by atoms with Gasteiger partial charge in [0.05, 0.1) is 10.8 Å². The van der Waals surface area contributed by atoms with E-state index in [4.69, 9.17) is 4.74 Å². The topological polar surface area (TPSA) is 75.7 Å². The summed E-state index contributed by atoms with van der Waals surface area (Å²) in [6, 6.07) is 7.66. The number of thiophene rings is 2. The lowest BCUT2D eigenvalue weighted by Gasteiger charge is -2.30. The van der Waals surface area contributed by atoms with Crippen molar-refractivity contribution in [2.75, 3.05) is 26.2 Å². The molecule has 1 saturated heterocycles. The van der Waals surface area contributed by atoms with Crippen LogP contribution in [0.5, 0.6) is 0 Å². The third-order valence-electron chi connectivity index (χ3n) is 4.47. The number of carbonyl (C=O) groups excluding carboxylic acids is 3. The molecule has 0 radical (unpaired) electrons. The van der Waals surface area contributed by atoms with Crippen LogP contribution >= 0.6 is 22.7 Å². The van der Waals surface area contributed by atoms with Gasteiger partial charge >= 0.3 is 5.97 Å². The summed E-state index contributed by atoms with van der Waals surface area (Å²) >= 11 is 3.07. The van der Waals surface area contributed by atoms with E-state index in [2.05, 4.69) is 5.32 Å². The normalized spacial score (nSPS) is 14.7. The van der Waals surface area contributed by atoms with Crippen molar-refractivity contribution in [1.82, 2.24) is 10.2 Å². The van der Waals surface area contributed by atoms with Crippen molar-refractivity contribution >= 4 is 40.5 Å². The molecule has 2 aromatic rings. The molecule has 2 aromatic heterocycles. The van der Waals surface area contributed by atoms with Gasteiger partial charge in [-0.05, 0) is 42.2 Å². The Morgan fingerprint density at radius 2 is 1.85 bits per heavy atom. The standard InChI is InChI=1S/C19H22N2O4S2/c22-17(20-8-5-15-3-1-11-26-15)13-25-19(24)14-6-9-21(10-7-14)18(23)16-4-2-12-27-16/h1-4,11-12,14H,5-10,13H2,(H,20,22). The minimum Gasteiger partial charge on any atom is -0.455 e. The first kappa shape index (κ1) is 19.6. The molecule has 3 rings (SSSR count). The maximum Gasteiger partial charge on any atom is 0.309 e. The van der Waals surface area contributed by atoms with E-state index in [0.29, 0.717) is 32.5 Å². The van der Waals surface area contributed by atoms with Crippen LogP contribution in [0.3, 0.4) is 0 Å². The van der Waals surface area contributed by atoms with E-state index in [-0.39, 0.29) is 30.3 Å². The summed E-state index contributed by atoms with van der Waals surface area (Å²) in [6.07, 6.45) is 1.90. The first-order chi connectivity index (χ1) is 13.1. The molecule has 0 aromatic carbocycles. The zero-order chi connectivity index (χ0) is 19.1. The lowest BCUT2D eigenvalue weighted by Crippen LogP contribution is -2.41. The summed E-state index contributed by atoms with van der Waals surface area (Å²) in [6.45, 7) is 1.34. The number of nitrogens with one attached hydrogen (secondary N) is 1. The number of likely N-dealkylation sites (tertiary alicyclic amines) is 1. The second kappa shape index (κ2) is 9.66.